The van der Waals surface area contributed by atoms with Crippen LogP contribution in [0.3, 0.4) is 0 Å². The molecule has 2 saturated heterocycles. The number of aromatic nitrogens is 1. The van der Waals surface area contributed by atoms with Crippen LogP contribution in [0.2, 0.25) is 0 Å². The van der Waals surface area contributed by atoms with Crippen molar-refractivity contribution in [3.8, 4) is 11.1 Å². The maximum Gasteiger partial charge on any atom is 0.280 e. The van der Waals surface area contributed by atoms with Gasteiger partial charge in [0, 0.05) is 94.2 Å². The first-order valence-corrected chi connectivity index (χ1v) is 15.9. The van der Waals surface area contributed by atoms with Crippen LogP contribution in [0, 0.1) is 11.3 Å². The summed E-state index contributed by atoms with van der Waals surface area (Å²) in [5.41, 5.74) is 12.2. The normalized spacial score (nSPS) is 20.7. The van der Waals surface area contributed by atoms with Crippen molar-refractivity contribution in [2.75, 3.05) is 66.1 Å². The van der Waals surface area contributed by atoms with Crippen LogP contribution >= 0.6 is 0 Å². The van der Waals surface area contributed by atoms with Crippen molar-refractivity contribution in [1.82, 2.24) is 25.0 Å². The zero-order valence-corrected chi connectivity index (χ0v) is 27.3. The van der Waals surface area contributed by atoms with Crippen LogP contribution in [0.15, 0.2) is 72.0 Å². The molecule has 1 amide bonds. The predicted molar refractivity (Wildman–Crippen MR) is 186 cm³/mol. The van der Waals surface area contributed by atoms with Crippen molar-refractivity contribution in [2.24, 2.45) is 10.9 Å². The molecule has 10 nitrogen and oxygen atoms in total. The first kappa shape index (κ1) is 33.2. The lowest BCUT2D eigenvalue weighted by atomic mass is 9.99. The average molecular weight is 623 g/mol. The van der Waals surface area contributed by atoms with Gasteiger partial charge in [0.25, 0.3) is 5.91 Å². The number of likely N-dealkylation sites (N-methyl/N-ethyl adjacent to an activating group) is 2. The number of benzene rings is 2. The molecule has 3 aromatic rings. The Labute approximate surface area is 272 Å². The highest BCUT2D eigenvalue weighted by molar-refractivity contribution is 6.10. The Morgan fingerprint density at radius 1 is 1.07 bits per heavy atom. The van der Waals surface area contributed by atoms with Gasteiger partial charge in [0.15, 0.2) is 0 Å². The Hall–Kier alpha value is -4.22. The molecule has 242 valence electrons. The van der Waals surface area contributed by atoms with E-state index >= 15 is 0 Å². The number of nitrogens with one attached hydrogen (secondary N) is 2. The third-order valence-electron chi connectivity index (χ3n) is 9.04. The van der Waals surface area contributed by atoms with Gasteiger partial charge in [-0.15, -0.1) is 0 Å². The highest BCUT2D eigenvalue weighted by Crippen LogP contribution is 2.27. The van der Waals surface area contributed by atoms with Crippen LogP contribution in [0.1, 0.15) is 40.0 Å². The molecule has 0 bridgehead atoms. The standard InChI is InChI=1S/C36H46N8O2/c1-25(44-15-13-42(3)14-16-44)27-9-11-29(12-10-27)28-7-5-26(6-8-28)24-46-34-23-43(4)22-32(34)21-41-36(45)33-17-30(20-40-35(33)38)31(18-37)19-39-2/h5-12,17-21,25,32,34,37,39H,13-16,22-24H2,1-4H3,(H2,38,40)/b31-19+,37-18?,41-21+. The van der Waals surface area contributed by atoms with Gasteiger partial charge in [-0.25, -0.2) is 9.98 Å². The Morgan fingerprint density at radius 2 is 1.74 bits per heavy atom. The number of ether oxygens (including phenoxy) is 1. The molecular formula is C36H46N8O2. The minimum Gasteiger partial charge on any atom is -0.393 e. The topological polar surface area (TPSA) is 123 Å². The molecule has 3 atom stereocenters. The van der Waals surface area contributed by atoms with E-state index in [0.717, 1.165) is 44.8 Å². The van der Waals surface area contributed by atoms with Crippen LogP contribution in [-0.4, -0.2) is 105 Å². The van der Waals surface area contributed by atoms with Crippen molar-refractivity contribution in [3.63, 3.8) is 0 Å². The van der Waals surface area contributed by atoms with Crippen LogP contribution in [0.25, 0.3) is 16.7 Å². The molecule has 0 radical (unpaired) electrons. The third kappa shape index (κ3) is 8.13. The molecule has 2 aliphatic heterocycles. The molecule has 2 aromatic carbocycles. The maximum absolute atomic E-state index is 13.0. The highest BCUT2D eigenvalue weighted by atomic mass is 16.5. The Balaban J connectivity index is 1.17. The van der Waals surface area contributed by atoms with E-state index in [1.165, 1.54) is 22.9 Å². The number of pyridine rings is 1. The summed E-state index contributed by atoms with van der Waals surface area (Å²) in [4.78, 5) is 28.6. The van der Waals surface area contributed by atoms with E-state index in [9.17, 15) is 4.79 Å². The molecule has 3 heterocycles. The zero-order valence-electron chi connectivity index (χ0n) is 27.3. The quantitative estimate of drug-likeness (QED) is 0.272. The van der Waals surface area contributed by atoms with E-state index < -0.39 is 5.91 Å². The number of amides is 1. The van der Waals surface area contributed by atoms with Crippen molar-refractivity contribution >= 4 is 29.7 Å². The lowest BCUT2D eigenvalue weighted by molar-refractivity contribution is 0.0373. The van der Waals surface area contributed by atoms with Gasteiger partial charge in [-0.2, -0.15) is 0 Å². The van der Waals surface area contributed by atoms with Gasteiger partial charge in [0.1, 0.15) is 5.82 Å². The van der Waals surface area contributed by atoms with Crippen LogP contribution < -0.4 is 11.1 Å². The van der Waals surface area contributed by atoms with E-state index in [1.807, 2.05) is 7.05 Å². The average Bonchev–Trinajstić information content (AvgIpc) is 3.44. The fourth-order valence-corrected chi connectivity index (χ4v) is 6.09. The predicted octanol–water partition coefficient (Wildman–Crippen LogP) is 4.21. The number of nitrogen functional groups attached to an aromatic ring is 1. The number of nitrogens with two attached hydrogens (primary N) is 1. The molecule has 4 N–H and O–H groups in total. The molecule has 0 saturated carbocycles. The second-order valence-electron chi connectivity index (χ2n) is 12.3. The highest BCUT2D eigenvalue weighted by Gasteiger charge is 2.31. The van der Waals surface area contributed by atoms with E-state index in [0.29, 0.717) is 23.8 Å². The van der Waals surface area contributed by atoms with Gasteiger partial charge >= 0.3 is 0 Å². The smallest absolute Gasteiger partial charge is 0.280 e. The van der Waals surface area contributed by atoms with Gasteiger partial charge in [0.2, 0.25) is 0 Å². The van der Waals surface area contributed by atoms with Crippen molar-refractivity contribution < 1.29 is 9.53 Å². The second kappa shape index (κ2) is 15.4. The van der Waals surface area contributed by atoms with Crippen LogP contribution in [0.4, 0.5) is 5.82 Å². The molecule has 46 heavy (non-hydrogen) atoms. The van der Waals surface area contributed by atoms with E-state index in [1.54, 1.807) is 31.7 Å². The Bertz CT molecular complexity index is 1550. The Kier molecular flexibility index (Phi) is 11.1. The number of hydrogen-bond acceptors (Lipinski definition) is 9. The van der Waals surface area contributed by atoms with Gasteiger partial charge < -0.3 is 31.0 Å². The van der Waals surface area contributed by atoms with Gasteiger partial charge in [-0.05, 0) is 49.3 Å². The number of piperazine rings is 1. The molecule has 1 aromatic heterocycles. The number of hydrogen-bond donors (Lipinski definition) is 3. The van der Waals surface area contributed by atoms with Crippen molar-refractivity contribution in [2.45, 2.75) is 25.7 Å². The minimum absolute atomic E-state index is 0.0429. The van der Waals surface area contributed by atoms with Gasteiger partial charge in [0.05, 0.1) is 18.3 Å². The maximum atomic E-state index is 13.0. The second-order valence-corrected chi connectivity index (χ2v) is 12.3. The number of anilines is 1. The largest absolute Gasteiger partial charge is 0.393 e. The third-order valence-corrected chi connectivity index (χ3v) is 9.04. The minimum atomic E-state index is -0.466. The summed E-state index contributed by atoms with van der Waals surface area (Å²) in [7, 11) is 5.97. The van der Waals surface area contributed by atoms with Crippen LogP contribution in [0.5, 0.6) is 0 Å². The van der Waals surface area contributed by atoms with Crippen molar-refractivity contribution in [1.29, 1.82) is 5.41 Å². The SMILES string of the molecule is CN/C=C(\C=N)c1cnc(N)c(C(=O)/N=C/C2CN(C)CC2OCc2ccc(-c3ccc(C(C)N4CCN(C)CC4)cc3)cc2)c1. The number of allylic oxidation sites excluding steroid dienone is 1. The number of carbonyl (C=O) groups excluding carboxylic acids is 1. The van der Waals surface area contributed by atoms with Gasteiger partial charge in [-0.1, -0.05) is 48.5 Å². The molecule has 3 unspecified atom stereocenters. The number of rotatable bonds is 11. The van der Waals surface area contributed by atoms with E-state index in [-0.39, 0.29) is 23.4 Å². The summed E-state index contributed by atoms with van der Waals surface area (Å²) in [5.74, 6) is -0.402. The summed E-state index contributed by atoms with van der Waals surface area (Å²) in [5, 5.41) is 10.5. The Morgan fingerprint density at radius 3 is 2.39 bits per heavy atom. The number of likely N-dealkylation sites (tertiary alicyclic amines) is 1. The number of carbonyl (C=O) groups is 1. The molecule has 0 aliphatic carbocycles. The molecule has 0 spiro atoms. The summed E-state index contributed by atoms with van der Waals surface area (Å²) >= 11 is 0. The summed E-state index contributed by atoms with van der Waals surface area (Å²) < 4.78 is 6.35. The van der Waals surface area contributed by atoms with E-state index in [4.69, 9.17) is 15.9 Å². The summed E-state index contributed by atoms with van der Waals surface area (Å²) in [6, 6.07) is 19.5. The summed E-state index contributed by atoms with van der Waals surface area (Å²) in [6.45, 7) is 8.72. The molecule has 5 rings (SSSR count). The van der Waals surface area contributed by atoms with Crippen LogP contribution in [-0.2, 0) is 11.3 Å². The monoisotopic (exact) mass is 622 g/mol. The first-order chi connectivity index (χ1) is 22.2. The lowest BCUT2D eigenvalue weighted by Crippen LogP contribution is -2.45. The molecule has 2 fully saturated rings. The summed E-state index contributed by atoms with van der Waals surface area (Å²) in [6.07, 6.45) is 5.98. The van der Waals surface area contributed by atoms with E-state index in [2.05, 4.69) is 92.5 Å². The molecule has 10 heteroatoms. The van der Waals surface area contributed by atoms with Crippen molar-refractivity contribution in [3.05, 3.63) is 89.2 Å². The number of aliphatic imine (C=N–C) groups is 1. The fraction of sp³-hybridized carbons (Fsp3) is 0.389. The molecule has 2 aliphatic rings. The number of nitrogens with zero attached hydrogens (tertiary/aromatic N) is 5. The lowest BCUT2D eigenvalue weighted by Gasteiger charge is -2.36. The zero-order chi connectivity index (χ0) is 32.6. The fourth-order valence-electron chi connectivity index (χ4n) is 6.09. The van der Waals surface area contributed by atoms with Gasteiger partial charge in [-0.3, -0.25) is 9.69 Å². The molecular weight excluding hydrogens is 576 g/mol. The first-order valence-electron chi connectivity index (χ1n) is 15.9.